The van der Waals surface area contributed by atoms with Gasteiger partial charge in [0.05, 0.1) is 24.3 Å². The first-order valence-corrected chi connectivity index (χ1v) is 8.12. The highest BCUT2D eigenvalue weighted by molar-refractivity contribution is 5.79. The number of likely N-dealkylation sites (tertiary alicyclic amines) is 1. The van der Waals surface area contributed by atoms with Crippen molar-refractivity contribution in [2.24, 2.45) is 0 Å². The van der Waals surface area contributed by atoms with E-state index in [-0.39, 0.29) is 18.4 Å². The summed E-state index contributed by atoms with van der Waals surface area (Å²) < 4.78 is 5.48. The first kappa shape index (κ1) is 15.7. The van der Waals surface area contributed by atoms with Crippen LogP contribution in [-0.4, -0.2) is 39.6 Å². The fourth-order valence-electron chi connectivity index (χ4n) is 3.13. The minimum absolute atomic E-state index is 0.00325. The molecule has 2 aromatic rings. The first-order chi connectivity index (χ1) is 11.1. The van der Waals surface area contributed by atoms with Gasteiger partial charge >= 0.3 is 0 Å². The van der Waals surface area contributed by atoms with Crippen LogP contribution >= 0.6 is 0 Å². The third kappa shape index (κ3) is 3.62. The van der Waals surface area contributed by atoms with Crippen LogP contribution in [0.25, 0.3) is 11.5 Å². The largest absolute Gasteiger partial charge is 0.444 e. The molecule has 1 aromatic carbocycles. The van der Waals surface area contributed by atoms with Gasteiger partial charge in [-0.1, -0.05) is 18.2 Å². The average Bonchev–Trinajstić information content (AvgIpc) is 3.04. The van der Waals surface area contributed by atoms with Crippen molar-refractivity contribution in [1.82, 2.24) is 9.88 Å². The topological polar surface area (TPSA) is 66.6 Å². The molecule has 1 N–H and O–H groups in total. The van der Waals surface area contributed by atoms with Gasteiger partial charge in [-0.05, 0) is 38.3 Å². The molecule has 122 valence electrons. The van der Waals surface area contributed by atoms with Crippen LogP contribution in [0.1, 0.15) is 31.9 Å². The van der Waals surface area contributed by atoms with Crippen LogP contribution in [0, 0.1) is 0 Å². The molecule has 1 aliphatic heterocycles. The van der Waals surface area contributed by atoms with Gasteiger partial charge < -0.3 is 14.4 Å². The highest BCUT2D eigenvalue weighted by atomic mass is 16.3. The Morgan fingerprint density at radius 3 is 2.91 bits per heavy atom. The van der Waals surface area contributed by atoms with Crippen molar-refractivity contribution in [2.45, 2.75) is 44.8 Å². The van der Waals surface area contributed by atoms with Crippen LogP contribution < -0.4 is 0 Å². The standard InChI is InChI=1S/C18H22N2O3/c1-13(21)16-9-5-6-10-20(16)17(22)11-15-12-23-18(19-15)14-7-3-2-4-8-14/h2-4,7-8,12-13,16,21H,5-6,9-11H2,1H3. The molecule has 5 heteroatoms. The lowest BCUT2D eigenvalue weighted by Crippen LogP contribution is -2.49. The normalized spacial score (nSPS) is 19.6. The Morgan fingerprint density at radius 2 is 2.17 bits per heavy atom. The summed E-state index contributed by atoms with van der Waals surface area (Å²) in [7, 11) is 0. The molecule has 0 saturated carbocycles. The van der Waals surface area contributed by atoms with E-state index in [1.54, 1.807) is 18.1 Å². The molecule has 5 nitrogen and oxygen atoms in total. The van der Waals surface area contributed by atoms with E-state index in [4.69, 9.17) is 4.42 Å². The Morgan fingerprint density at radius 1 is 1.39 bits per heavy atom. The molecule has 3 rings (SSSR count). The van der Waals surface area contributed by atoms with E-state index >= 15 is 0 Å². The molecule has 0 spiro atoms. The summed E-state index contributed by atoms with van der Waals surface area (Å²) >= 11 is 0. The van der Waals surface area contributed by atoms with Crippen LogP contribution in [0.4, 0.5) is 0 Å². The van der Waals surface area contributed by atoms with Gasteiger partial charge in [0, 0.05) is 12.1 Å². The van der Waals surface area contributed by atoms with E-state index in [0.717, 1.165) is 24.8 Å². The van der Waals surface area contributed by atoms with E-state index in [2.05, 4.69) is 4.98 Å². The summed E-state index contributed by atoms with van der Waals surface area (Å²) in [6.45, 7) is 2.46. The quantitative estimate of drug-likeness (QED) is 0.942. The number of aliphatic hydroxyl groups is 1. The lowest BCUT2D eigenvalue weighted by Gasteiger charge is -2.37. The first-order valence-electron chi connectivity index (χ1n) is 8.12. The van der Waals surface area contributed by atoms with Crippen molar-refractivity contribution in [3.05, 3.63) is 42.3 Å². The maximum Gasteiger partial charge on any atom is 0.229 e. The molecule has 1 aromatic heterocycles. The van der Waals surface area contributed by atoms with E-state index in [0.29, 0.717) is 18.1 Å². The summed E-state index contributed by atoms with van der Waals surface area (Å²) in [5.74, 6) is 0.530. The van der Waals surface area contributed by atoms with Crippen LogP contribution in [0.2, 0.25) is 0 Å². The Hall–Kier alpha value is -2.14. The summed E-state index contributed by atoms with van der Waals surface area (Å²) in [6, 6.07) is 9.54. The van der Waals surface area contributed by atoms with Crippen LogP contribution in [0.15, 0.2) is 41.0 Å². The highest BCUT2D eigenvalue weighted by Crippen LogP contribution is 2.22. The third-order valence-electron chi connectivity index (χ3n) is 4.33. The summed E-state index contributed by atoms with van der Waals surface area (Å²) in [4.78, 5) is 18.8. The smallest absolute Gasteiger partial charge is 0.229 e. The molecule has 0 radical (unpaired) electrons. The Balaban J connectivity index is 1.69. The fourth-order valence-corrected chi connectivity index (χ4v) is 3.13. The Labute approximate surface area is 135 Å². The van der Waals surface area contributed by atoms with Gasteiger partial charge in [0.25, 0.3) is 0 Å². The molecule has 2 heterocycles. The van der Waals surface area contributed by atoms with Crippen LogP contribution in [-0.2, 0) is 11.2 Å². The van der Waals surface area contributed by atoms with Gasteiger partial charge in [-0.3, -0.25) is 4.79 Å². The van der Waals surface area contributed by atoms with Gasteiger partial charge in [-0.2, -0.15) is 0 Å². The van der Waals surface area contributed by atoms with E-state index < -0.39 is 6.10 Å². The van der Waals surface area contributed by atoms with Crippen molar-refractivity contribution >= 4 is 5.91 Å². The van der Waals surface area contributed by atoms with Gasteiger partial charge in [0.1, 0.15) is 6.26 Å². The molecule has 0 aliphatic carbocycles. The number of carbonyl (C=O) groups excluding carboxylic acids is 1. The minimum Gasteiger partial charge on any atom is -0.444 e. The number of rotatable bonds is 4. The van der Waals surface area contributed by atoms with Crippen molar-refractivity contribution < 1.29 is 14.3 Å². The fraction of sp³-hybridized carbons (Fsp3) is 0.444. The van der Waals surface area contributed by atoms with E-state index in [9.17, 15) is 9.90 Å². The Kier molecular flexibility index (Phi) is 4.76. The zero-order valence-corrected chi connectivity index (χ0v) is 13.3. The van der Waals surface area contributed by atoms with Gasteiger partial charge in [0.15, 0.2) is 0 Å². The number of benzene rings is 1. The molecule has 1 amide bonds. The SMILES string of the molecule is CC(O)C1CCCCN1C(=O)Cc1coc(-c2ccccc2)n1. The molecular formula is C18H22N2O3. The molecule has 2 atom stereocenters. The summed E-state index contributed by atoms with van der Waals surface area (Å²) in [6.07, 6.45) is 4.15. The molecular weight excluding hydrogens is 292 g/mol. The summed E-state index contributed by atoms with van der Waals surface area (Å²) in [5.41, 5.74) is 1.52. The number of oxazole rings is 1. The van der Waals surface area contributed by atoms with Gasteiger partial charge in [-0.25, -0.2) is 4.98 Å². The highest BCUT2D eigenvalue weighted by Gasteiger charge is 2.30. The second kappa shape index (κ2) is 6.96. The second-order valence-electron chi connectivity index (χ2n) is 6.08. The minimum atomic E-state index is -0.503. The predicted molar refractivity (Wildman–Crippen MR) is 86.7 cm³/mol. The van der Waals surface area contributed by atoms with Gasteiger partial charge in [-0.15, -0.1) is 0 Å². The van der Waals surface area contributed by atoms with Crippen molar-refractivity contribution in [3.63, 3.8) is 0 Å². The number of carbonyl (C=O) groups is 1. The Bertz CT molecular complexity index is 651. The van der Waals surface area contributed by atoms with Gasteiger partial charge in [0.2, 0.25) is 11.8 Å². The number of amides is 1. The number of nitrogens with zero attached hydrogens (tertiary/aromatic N) is 2. The van der Waals surface area contributed by atoms with E-state index in [1.165, 1.54) is 0 Å². The number of hydrogen-bond acceptors (Lipinski definition) is 4. The average molecular weight is 314 g/mol. The zero-order valence-electron chi connectivity index (χ0n) is 13.3. The lowest BCUT2D eigenvalue weighted by molar-refractivity contribution is -0.137. The molecule has 1 saturated heterocycles. The monoisotopic (exact) mass is 314 g/mol. The van der Waals surface area contributed by atoms with Crippen molar-refractivity contribution in [2.75, 3.05) is 6.54 Å². The molecule has 23 heavy (non-hydrogen) atoms. The van der Waals surface area contributed by atoms with Crippen molar-refractivity contribution in [3.8, 4) is 11.5 Å². The zero-order chi connectivity index (χ0) is 16.2. The van der Waals surface area contributed by atoms with Crippen LogP contribution in [0.5, 0.6) is 0 Å². The maximum atomic E-state index is 12.6. The molecule has 2 unspecified atom stereocenters. The second-order valence-corrected chi connectivity index (χ2v) is 6.08. The number of aromatic nitrogens is 1. The number of hydrogen-bond donors (Lipinski definition) is 1. The summed E-state index contributed by atoms with van der Waals surface area (Å²) in [5, 5.41) is 9.89. The van der Waals surface area contributed by atoms with Crippen LogP contribution in [0.3, 0.4) is 0 Å². The predicted octanol–water partition coefficient (Wildman–Crippen LogP) is 2.65. The lowest BCUT2D eigenvalue weighted by atomic mass is 9.97. The number of aliphatic hydroxyl groups excluding tert-OH is 1. The molecule has 0 bridgehead atoms. The van der Waals surface area contributed by atoms with E-state index in [1.807, 2.05) is 30.3 Å². The number of piperidine rings is 1. The maximum absolute atomic E-state index is 12.6. The third-order valence-corrected chi connectivity index (χ3v) is 4.33. The molecule has 1 aliphatic rings. The molecule has 1 fully saturated rings. The van der Waals surface area contributed by atoms with Crippen molar-refractivity contribution in [1.29, 1.82) is 0 Å².